The molecule has 1 aromatic carbocycles. The highest BCUT2D eigenvalue weighted by Crippen LogP contribution is 2.33. The van der Waals surface area contributed by atoms with Crippen LogP contribution in [-0.4, -0.2) is 66.3 Å². The maximum atomic E-state index is 12.5. The number of benzene rings is 1. The number of carbonyl (C=O) groups excluding carboxylic acids is 2. The molecule has 0 aromatic heterocycles. The average molecular weight is 306 g/mol. The highest BCUT2D eigenvalue weighted by Gasteiger charge is 2.49. The Hall–Kier alpha value is -2.44. The maximum absolute atomic E-state index is 12.5. The smallest absolute Gasteiger partial charge is 0.410 e. The second-order valence-corrected chi connectivity index (χ2v) is 5.77. The van der Waals surface area contributed by atoms with Gasteiger partial charge >= 0.3 is 6.09 Å². The molecule has 7 heteroatoms. The summed E-state index contributed by atoms with van der Waals surface area (Å²) in [6.07, 6.45) is 0.271. The lowest BCUT2D eigenvalue weighted by molar-refractivity contribution is 0.0553. The van der Waals surface area contributed by atoms with E-state index in [1.54, 1.807) is 24.1 Å². The van der Waals surface area contributed by atoms with Crippen molar-refractivity contribution in [2.24, 2.45) is 0 Å². The number of nitrogens with zero attached hydrogens (tertiary/aromatic N) is 2. The van der Waals surface area contributed by atoms with Crippen LogP contribution in [0.3, 0.4) is 0 Å². The fraction of sp³-hybridized carbons (Fsp3) is 0.467. The Balaban J connectivity index is 1.74. The summed E-state index contributed by atoms with van der Waals surface area (Å²) < 4.78 is 10.4. The van der Waals surface area contributed by atoms with E-state index in [4.69, 9.17) is 9.47 Å². The van der Waals surface area contributed by atoms with Crippen molar-refractivity contribution < 1.29 is 24.2 Å². The zero-order valence-corrected chi connectivity index (χ0v) is 12.5. The topological polar surface area (TPSA) is 79.3 Å². The number of amides is 2. The Bertz CT molecular complexity index is 632. The number of likely N-dealkylation sites (N-methyl/N-ethyl adjacent to an activating group) is 1. The molecule has 2 aliphatic rings. The second kappa shape index (κ2) is 5.08. The number of phenols is 1. The molecule has 2 fully saturated rings. The number of hydrogen-bond donors (Lipinski definition) is 1. The number of aromatic hydroxyl groups is 1. The van der Waals surface area contributed by atoms with Crippen LogP contribution in [0.5, 0.6) is 11.5 Å². The van der Waals surface area contributed by atoms with E-state index in [2.05, 4.69) is 0 Å². The summed E-state index contributed by atoms with van der Waals surface area (Å²) in [4.78, 5) is 27.2. The van der Waals surface area contributed by atoms with Gasteiger partial charge in [-0.3, -0.25) is 4.79 Å². The highest BCUT2D eigenvalue weighted by atomic mass is 16.6. The molecular weight excluding hydrogens is 288 g/mol. The third kappa shape index (κ3) is 2.32. The summed E-state index contributed by atoms with van der Waals surface area (Å²) in [5.74, 6) is 0.0514. The third-order valence-electron chi connectivity index (χ3n) is 4.17. The van der Waals surface area contributed by atoms with Gasteiger partial charge in [-0.2, -0.15) is 0 Å². The lowest BCUT2D eigenvalue weighted by atomic mass is 10.0. The van der Waals surface area contributed by atoms with Gasteiger partial charge in [0, 0.05) is 25.6 Å². The fourth-order valence-corrected chi connectivity index (χ4v) is 3.03. The van der Waals surface area contributed by atoms with Crippen LogP contribution in [0.1, 0.15) is 16.8 Å². The molecule has 3 rings (SSSR count). The lowest BCUT2D eigenvalue weighted by Crippen LogP contribution is -2.39. The van der Waals surface area contributed by atoms with Crippen LogP contribution in [0, 0.1) is 0 Å². The van der Waals surface area contributed by atoms with E-state index in [9.17, 15) is 14.7 Å². The van der Waals surface area contributed by atoms with Gasteiger partial charge in [-0.1, -0.05) is 0 Å². The normalized spacial score (nSPS) is 24.0. The van der Waals surface area contributed by atoms with Crippen LogP contribution in [-0.2, 0) is 4.74 Å². The maximum Gasteiger partial charge on any atom is 0.410 e. The van der Waals surface area contributed by atoms with Crippen molar-refractivity contribution in [3.63, 3.8) is 0 Å². The minimum absolute atomic E-state index is 0.0747. The van der Waals surface area contributed by atoms with E-state index < -0.39 is 5.60 Å². The molecule has 118 valence electrons. The third-order valence-corrected chi connectivity index (χ3v) is 4.17. The van der Waals surface area contributed by atoms with Gasteiger partial charge in [0.2, 0.25) is 0 Å². The first-order valence-corrected chi connectivity index (χ1v) is 7.04. The summed E-state index contributed by atoms with van der Waals surface area (Å²) >= 11 is 0. The van der Waals surface area contributed by atoms with Gasteiger partial charge in [-0.05, 0) is 18.2 Å². The molecule has 0 saturated carbocycles. The second-order valence-electron chi connectivity index (χ2n) is 5.77. The van der Waals surface area contributed by atoms with E-state index in [1.807, 2.05) is 0 Å². The molecule has 2 aliphatic heterocycles. The summed E-state index contributed by atoms with van der Waals surface area (Å²) in [6, 6.07) is 4.55. The first-order chi connectivity index (χ1) is 10.4. The van der Waals surface area contributed by atoms with E-state index >= 15 is 0 Å². The molecule has 2 saturated heterocycles. The van der Waals surface area contributed by atoms with E-state index in [1.165, 1.54) is 18.1 Å². The largest absolute Gasteiger partial charge is 0.504 e. The Kier molecular flexibility index (Phi) is 3.35. The molecule has 1 atom stereocenters. The van der Waals surface area contributed by atoms with Crippen LogP contribution in [0.2, 0.25) is 0 Å². The predicted octanol–water partition coefficient (Wildman–Crippen LogP) is 1.07. The molecular formula is C15H18N2O5. The highest BCUT2D eigenvalue weighted by molar-refractivity contribution is 5.95. The van der Waals surface area contributed by atoms with Crippen LogP contribution >= 0.6 is 0 Å². The van der Waals surface area contributed by atoms with Gasteiger partial charge in [0.25, 0.3) is 5.91 Å². The number of rotatable bonds is 2. The molecule has 2 amide bonds. The Morgan fingerprint density at radius 3 is 2.77 bits per heavy atom. The van der Waals surface area contributed by atoms with Gasteiger partial charge in [0.1, 0.15) is 0 Å². The fourth-order valence-electron chi connectivity index (χ4n) is 3.03. The minimum atomic E-state index is -0.601. The molecule has 7 nitrogen and oxygen atoms in total. The van der Waals surface area contributed by atoms with Crippen molar-refractivity contribution in [1.82, 2.24) is 9.80 Å². The van der Waals surface area contributed by atoms with Crippen molar-refractivity contribution in [3.05, 3.63) is 23.8 Å². The van der Waals surface area contributed by atoms with Crippen LogP contribution in [0.15, 0.2) is 18.2 Å². The predicted molar refractivity (Wildman–Crippen MR) is 77.0 cm³/mol. The number of methoxy groups -OCH3 is 1. The summed E-state index contributed by atoms with van der Waals surface area (Å²) in [5.41, 5.74) is -0.219. The minimum Gasteiger partial charge on any atom is -0.504 e. The zero-order valence-electron chi connectivity index (χ0n) is 12.5. The van der Waals surface area contributed by atoms with Crippen molar-refractivity contribution in [2.45, 2.75) is 12.0 Å². The molecule has 1 N–H and O–H groups in total. The van der Waals surface area contributed by atoms with E-state index in [0.29, 0.717) is 37.4 Å². The molecule has 0 unspecified atom stereocenters. The van der Waals surface area contributed by atoms with Gasteiger partial charge in [0.15, 0.2) is 17.1 Å². The number of ether oxygens (including phenoxy) is 2. The first kappa shape index (κ1) is 14.5. The van der Waals surface area contributed by atoms with Crippen LogP contribution in [0.25, 0.3) is 0 Å². The lowest BCUT2D eigenvalue weighted by Gasteiger charge is -2.22. The number of likely N-dealkylation sites (tertiary alicyclic amines) is 1. The van der Waals surface area contributed by atoms with Crippen molar-refractivity contribution >= 4 is 12.0 Å². The molecule has 22 heavy (non-hydrogen) atoms. The number of hydrogen-bond acceptors (Lipinski definition) is 5. The van der Waals surface area contributed by atoms with E-state index in [0.717, 1.165) is 0 Å². The molecule has 2 heterocycles. The number of carbonyl (C=O) groups is 2. The SMILES string of the molecule is COc1ccc(C(=O)N2CC[C@]3(CN(C)C(=O)O3)C2)cc1O. The Morgan fingerprint density at radius 1 is 1.41 bits per heavy atom. The average Bonchev–Trinajstić information content (AvgIpc) is 3.01. The van der Waals surface area contributed by atoms with Crippen LogP contribution in [0.4, 0.5) is 4.79 Å². The monoisotopic (exact) mass is 306 g/mol. The zero-order chi connectivity index (χ0) is 15.9. The van der Waals surface area contributed by atoms with Crippen molar-refractivity contribution in [3.8, 4) is 11.5 Å². The summed E-state index contributed by atoms with van der Waals surface area (Å²) in [7, 11) is 3.13. The first-order valence-electron chi connectivity index (χ1n) is 7.04. The van der Waals surface area contributed by atoms with E-state index in [-0.39, 0.29) is 17.7 Å². The molecule has 1 aromatic rings. The number of phenolic OH excluding ortho intramolecular Hbond substituents is 1. The van der Waals surface area contributed by atoms with Gasteiger partial charge in [-0.15, -0.1) is 0 Å². The summed E-state index contributed by atoms with van der Waals surface area (Å²) in [5, 5.41) is 9.79. The quantitative estimate of drug-likeness (QED) is 0.884. The van der Waals surface area contributed by atoms with Crippen molar-refractivity contribution in [1.29, 1.82) is 0 Å². The molecule has 0 radical (unpaired) electrons. The molecule has 1 spiro atoms. The summed E-state index contributed by atoms with van der Waals surface area (Å²) in [6.45, 7) is 1.38. The van der Waals surface area contributed by atoms with Gasteiger partial charge in [0.05, 0.1) is 20.2 Å². The Morgan fingerprint density at radius 2 is 2.18 bits per heavy atom. The van der Waals surface area contributed by atoms with Crippen molar-refractivity contribution in [2.75, 3.05) is 33.8 Å². The Labute approximate surface area is 128 Å². The molecule has 0 aliphatic carbocycles. The van der Waals surface area contributed by atoms with Crippen LogP contribution < -0.4 is 4.74 Å². The standard InChI is InChI=1S/C15H18N2O5/c1-16-8-15(22-14(16)20)5-6-17(9-15)13(19)10-3-4-12(21-2)11(18)7-10/h3-4,7,18H,5-6,8-9H2,1-2H3/t15-/m0/s1. The van der Waals surface area contributed by atoms with Gasteiger partial charge in [-0.25, -0.2) is 4.79 Å². The molecule has 0 bridgehead atoms. The van der Waals surface area contributed by atoms with Gasteiger partial charge < -0.3 is 24.4 Å².